The van der Waals surface area contributed by atoms with E-state index in [1.807, 2.05) is 24.3 Å². The van der Waals surface area contributed by atoms with Crippen molar-refractivity contribution in [1.82, 2.24) is 0 Å². The van der Waals surface area contributed by atoms with E-state index in [0.29, 0.717) is 19.6 Å². The van der Waals surface area contributed by atoms with Crippen LogP contribution < -0.4 is 5.19 Å². The fourth-order valence-corrected chi connectivity index (χ4v) is 3.73. The van der Waals surface area contributed by atoms with E-state index in [1.54, 1.807) is 21.3 Å². The summed E-state index contributed by atoms with van der Waals surface area (Å²) in [5, 5.41) is 0.858. The number of halogens is 1. The summed E-state index contributed by atoms with van der Waals surface area (Å²) >= 11 is 0. The molecule has 0 bridgehead atoms. The SMILES string of the molecule is COCCO[Si](OC)(OC)c1ccc(CCF)cc1. The van der Waals surface area contributed by atoms with Crippen LogP contribution in [-0.4, -0.2) is 50.0 Å². The summed E-state index contributed by atoms with van der Waals surface area (Å²) in [5.41, 5.74) is 0.943. The minimum atomic E-state index is -2.88. The lowest BCUT2D eigenvalue weighted by Crippen LogP contribution is -2.55. The van der Waals surface area contributed by atoms with E-state index in [9.17, 15) is 4.39 Å². The van der Waals surface area contributed by atoms with Gasteiger partial charge in [0, 0.05) is 32.9 Å². The predicted octanol–water partition coefficient (Wildman–Crippen LogP) is 1.30. The van der Waals surface area contributed by atoms with Gasteiger partial charge in [0.15, 0.2) is 0 Å². The maximum absolute atomic E-state index is 12.3. The first kappa shape index (κ1) is 16.3. The van der Waals surface area contributed by atoms with Crippen molar-refractivity contribution in [3.05, 3.63) is 29.8 Å². The Morgan fingerprint density at radius 2 is 1.63 bits per heavy atom. The zero-order valence-electron chi connectivity index (χ0n) is 11.6. The molecule has 0 spiro atoms. The van der Waals surface area contributed by atoms with Gasteiger partial charge in [-0.1, -0.05) is 24.3 Å². The molecule has 108 valence electrons. The molecular weight excluding hydrogens is 267 g/mol. The van der Waals surface area contributed by atoms with Crippen molar-refractivity contribution in [2.45, 2.75) is 6.42 Å². The molecular formula is C13H21FO4Si. The predicted molar refractivity (Wildman–Crippen MR) is 73.4 cm³/mol. The summed E-state index contributed by atoms with van der Waals surface area (Å²) in [4.78, 5) is 0. The van der Waals surface area contributed by atoms with Crippen LogP contribution in [0.4, 0.5) is 4.39 Å². The third kappa shape index (κ3) is 4.36. The van der Waals surface area contributed by atoms with Crippen LogP contribution >= 0.6 is 0 Å². The molecule has 0 saturated carbocycles. The normalized spacial score (nSPS) is 11.8. The molecule has 1 rings (SSSR count). The van der Waals surface area contributed by atoms with E-state index in [1.165, 1.54) is 0 Å². The first-order valence-electron chi connectivity index (χ1n) is 6.11. The van der Waals surface area contributed by atoms with Crippen LogP contribution in [0, 0.1) is 0 Å². The summed E-state index contributed by atoms with van der Waals surface area (Å²) in [6, 6.07) is 7.48. The number of methoxy groups -OCH3 is 1. The van der Waals surface area contributed by atoms with Gasteiger partial charge < -0.3 is 18.0 Å². The fraction of sp³-hybridized carbons (Fsp3) is 0.538. The minimum absolute atomic E-state index is 0.360. The second-order valence-electron chi connectivity index (χ2n) is 3.94. The van der Waals surface area contributed by atoms with Gasteiger partial charge in [-0.3, -0.25) is 4.39 Å². The number of hydrogen-bond acceptors (Lipinski definition) is 4. The molecule has 0 fully saturated rings. The number of alkyl halides is 1. The molecule has 0 aromatic heterocycles. The second-order valence-corrected chi connectivity index (χ2v) is 6.74. The van der Waals surface area contributed by atoms with Crippen molar-refractivity contribution in [3.63, 3.8) is 0 Å². The Morgan fingerprint density at radius 1 is 1.00 bits per heavy atom. The molecule has 0 N–H and O–H groups in total. The summed E-state index contributed by atoms with van der Waals surface area (Å²) in [6.07, 6.45) is 0.416. The first-order chi connectivity index (χ1) is 9.22. The molecule has 0 unspecified atom stereocenters. The Hall–Kier alpha value is -0.793. The number of rotatable bonds is 9. The van der Waals surface area contributed by atoms with Gasteiger partial charge in [-0.05, 0) is 5.56 Å². The van der Waals surface area contributed by atoms with Crippen LogP contribution in [-0.2, 0) is 24.4 Å². The molecule has 0 amide bonds. The number of hydrogen-bond donors (Lipinski definition) is 0. The summed E-state index contributed by atoms with van der Waals surface area (Å²) in [7, 11) is 1.87. The fourth-order valence-electron chi connectivity index (χ4n) is 1.76. The summed E-state index contributed by atoms with van der Waals surface area (Å²) in [6.45, 7) is 0.513. The van der Waals surface area contributed by atoms with E-state index in [2.05, 4.69) is 0 Å². The molecule has 0 radical (unpaired) electrons. The molecule has 0 aliphatic rings. The Balaban J connectivity index is 2.84. The van der Waals surface area contributed by atoms with Gasteiger partial charge in [-0.2, -0.15) is 0 Å². The highest BCUT2D eigenvalue weighted by molar-refractivity contribution is 6.75. The smallest absolute Gasteiger partial charge is 0.382 e. The highest BCUT2D eigenvalue weighted by atomic mass is 28.4. The van der Waals surface area contributed by atoms with Gasteiger partial charge in [-0.15, -0.1) is 0 Å². The average Bonchev–Trinajstić information content (AvgIpc) is 2.46. The lowest BCUT2D eigenvalue weighted by Gasteiger charge is -2.26. The number of ether oxygens (including phenoxy) is 1. The molecule has 0 heterocycles. The van der Waals surface area contributed by atoms with Crippen molar-refractivity contribution in [1.29, 1.82) is 0 Å². The lowest BCUT2D eigenvalue weighted by atomic mass is 10.2. The third-order valence-corrected chi connectivity index (χ3v) is 5.51. The van der Waals surface area contributed by atoms with Crippen LogP contribution in [0.15, 0.2) is 24.3 Å². The first-order valence-corrected chi connectivity index (χ1v) is 7.83. The molecule has 0 aliphatic heterocycles. The van der Waals surface area contributed by atoms with Crippen molar-refractivity contribution in [2.24, 2.45) is 0 Å². The number of benzene rings is 1. The van der Waals surface area contributed by atoms with Gasteiger partial charge in [0.1, 0.15) is 0 Å². The maximum Gasteiger partial charge on any atom is 0.536 e. The standard InChI is InChI=1S/C13H21FO4Si/c1-15-10-11-18-19(16-2,17-3)13-6-4-12(5-7-13)8-9-14/h4-7H,8-11H2,1-3H3. The van der Waals surface area contributed by atoms with Crippen molar-refractivity contribution in [2.75, 3.05) is 41.2 Å². The summed E-state index contributed by atoms with van der Waals surface area (Å²) < 4.78 is 33.9. The van der Waals surface area contributed by atoms with Crippen LogP contribution in [0.1, 0.15) is 5.56 Å². The molecule has 1 aromatic rings. The molecule has 0 aliphatic carbocycles. The Bertz CT molecular complexity index is 354. The Kier molecular flexibility index (Phi) is 7.18. The minimum Gasteiger partial charge on any atom is -0.382 e. The van der Waals surface area contributed by atoms with Crippen LogP contribution in [0.2, 0.25) is 0 Å². The average molecular weight is 288 g/mol. The van der Waals surface area contributed by atoms with E-state index in [4.69, 9.17) is 18.0 Å². The van der Waals surface area contributed by atoms with E-state index < -0.39 is 8.80 Å². The van der Waals surface area contributed by atoms with E-state index in [-0.39, 0.29) is 6.67 Å². The Morgan fingerprint density at radius 3 is 2.11 bits per heavy atom. The molecule has 4 nitrogen and oxygen atoms in total. The highest BCUT2D eigenvalue weighted by Gasteiger charge is 2.41. The van der Waals surface area contributed by atoms with Crippen molar-refractivity contribution >= 4 is 14.0 Å². The molecule has 6 heteroatoms. The van der Waals surface area contributed by atoms with E-state index in [0.717, 1.165) is 10.8 Å². The van der Waals surface area contributed by atoms with Gasteiger partial charge >= 0.3 is 8.80 Å². The largest absolute Gasteiger partial charge is 0.536 e. The monoisotopic (exact) mass is 288 g/mol. The zero-order chi connectivity index (χ0) is 14.1. The van der Waals surface area contributed by atoms with E-state index >= 15 is 0 Å². The zero-order valence-corrected chi connectivity index (χ0v) is 12.6. The van der Waals surface area contributed by atoms with Gasteiger partial charge in [-0.25, -0.2) is 0 Å². The lowest BCUT2D eigenvalue weighted by molar-refractivity contribution is 0.0767. The number of aryl methyl sites for hydroxylation is 1. The molecule has 19 heavy (non-hydrogen) atoms. The van der Waals surface area contributed by atoms with Gasteiger partial charge in [0.25, 0.3) is 0 Å². The third-order valence-electron chi connectivity index (χ3n) is 2.81. The molecule has 0 saturated heterocycles. The topological polar surface area (TPSA) is 36.9 Å². The quantitative estimate of drug-likeness (QED) is 0.507. The summed E-state index contributed by atoms with van der Waals surface area (Å²) in [5.74, 6) is 0. The second kappa shape index (κ2) is 8.39. The van der Waals surface area contributed by atoms with Crippen LogP contribution in [0.5, 0.6) is 0 Å². The Labute approximate surface area is 114 Å². The maximum atomic E-state index is 12.3. The van der Waals surface area contributed by atoms with Crippen molar-refractivity contribution in [3.8, 4) is 0 Å². The van der Waals surface area contributed by atoms with Crippen molar-refractivity contribution < 1.29 is 22.4 Å². The van der Waals surface area contributed by atoms with Crippen LogP contribution in [0.25, 0.3) is 0 Å². The highest BCUT2D eigenvalue weighted by Crippen LogP contribution is 2.10. The van der Waals surface area contributed by atoms with Gasteiger partial charge in [0.05, 0.1) is 19.9 Å². The van der Waals surface area contributed by atoms with Gasteiger partial charge in [0.2, 0.25) is 0 Å². The van der Waals surface area contributed by atoms with Crippen LogP contribution in [0.3, 0.4) is 0 Å². The molecule has 1 aromatic carbocycles. The molecule has 0 atom stereocenters.